The second-order valence-electron chi connectivity index (χ2n) is 9.96. The first kappa shape index (κ1) is 18.0. The standard InChI is InChI=1S/C22H36O3/c1-3-22-11-8-15(24)12-14(22)4-5-16-17-6-7-19(20(25)13-23)21(17,2)10-9-18(16)22/h14-19,23-24H,3-13H2,1-2H3/t14-,15+,16-,17-,18-,19+,21-,22-/m0/s1. The van der Waals surface area contributed by atoms with Crippen molar-refractivity contribution in [2.24, 2.45) is 40.4 Å². The first-order valence-corrected chi connectivity index (χ1v) is 10.8. The molecule has 0 spiro atoms. The minimum atomic E-state index is -0.278. The Hall–Kier alpha value is -0.410. The van der Waals surface area contributed by atoms with Gasteiger partial charge in [0.15, 0.2) is 5.78 Å². The van der Waals surface area contributed by atoms with E-state index in [4.69, 9.17) is 0 Å². The van der Waals surface area contributed by atoms with E-state index in [9.17, 15) is 15.0 Å². The third-order valence-electron chi connectivity index (χ3n) is 9.54. The van der Waals surface area contributed by atoms with Crippen molar-refractivity contribution in [2.45, 2.75) is 84.2 Å². The zero-order valence-corrected chi connectivity index (χ0v) is 16.0. The highest BCUT2D eigenvalue weighted by Crippen LogP contribution is 2.68. The molecule has 25 heavy (non-hydrogen) atoms. The summed E-state index contributed by atoms with van der Waals surface area (Å²) in [5, 5.41) is 19.6. The molecule has 142 valence electrons. The first-order valence-electron chi connectivity index (χ1n) is 10.8. The van der Waals surface area contributed by atoms with Crippen molar-refractivity contribution in [1.29, 1.82) is 0 Å². The molecule has 3 nitrogen and oxygen atoms in total. The highest BCUT2D eigenvalue weighted by molar-refractivity contribution is 5.83. The molecule has 0 aromatic heterocycles. The molecule has 0 radical (unpaired) electrons. The molecule has 0 bridgehead atoms. The topological polar surface area (TPSA) is 57.5 Å². The second-order valence-corrected chi connectivity index (χ2v) is 9.96. The Morgan fingerprint density at radius 1 is 1.04 bits per heavy atom. The summed E-state index contributed by atoms with van der Waals surface area (Å²) in [7, 11) is 0. The van der Waals surface area contributed by atoms with E-state index in [1.54, 1.807) is 0 Å². The monoisotopic (exact) mass is 348 g/mol. The highest BCUT2D eigenvalue weighted by atomic mass is 16.3. The fourth-order valence-electron chi connectivity index (χ4n) is 8.38. The maximum atomic E-state index is 12.3. The third kappa shape index (κ3) is 2.48. The number of aliphatic hydroxyl groups excluding tert-OH is 2. The Morgan fingerprint density at radius 3 is 2.56 bits per heavy atom. The smallest absolute Gasteiger partial charge is 0.161 e. The van der Waals surface area contributed by atoms with E-state index in [1.807, 2.05) is 0 Å². The summed E-state index contributed by atoms with van der Waals surface area (Å²) in [4.78, 5) is 12.3. The van der Waals surface area contributed by atoms with Crippen molar-refractivity contribution in [3.05, 3.63) is 0 Å². The van der Waals surface area contributed by atoms with E-state index in [0.29, 0.717) is 17.3 Å². The predicted octanol–water partition coefficient (Wildman–Crippen LogP) is 3.96. The number of ketones is 1. The van der Waals surface area contributed by atoms with Crippen LogP contribution in [-0.4, -0.2) is 28.7 Å². The van der Waals surface area contributed by atoms with E-state index < -0.39 is 0 Å². The van der Waals surface area contributed by atoms with Crippen LogP contribution < -0.4 is 0 Å². The molecule has 0 saturated heterocycles. The number of carbonyl (C=O) groups is 1. The Bertz CT molecular complexity index is 531. The molecule has 4 aliphatic carbocycles. The molecule has 0 heterocycles. The van der Waals surface area contributed by atoms with Crippen LogP contribution in [0.2, 0.25) is 0 Å². The quantitative estimate of drug-likeness (QED) is 0.812. The van der Waals surface area contributed by atoms with Crippen LogP contribution in [0.4, 0.5) is 0 Å². The summed E-state index contributed by atoms with van der Waals surface area (Å²) in [5.74, 6) is 3.12. The first-order chi connectivity index (χ1) is 12.0. The van der Waals surface area contributed by atoms with Crippen molar-refractivity contribution < 1.29 is 15.0 Å². The minimum absolute atomic E-state index is 0.0758. The average molecular weight is 349 g/mol. The van der Waals surface area contributed by atoms with Gasteiger partial charge in [-0.15, -0.1) is 0 Å². The largest absolute Gasteiger partial charge is 0.393 e. The number of rotatable bonds is 3. The van der Waals surface area contributed by atoms with Crippen LogP contribution in [0.25, 0.3) is 0 Å². The predicted molar refractivity (Wildman–Crippen MR) is 97.9 cm³/mol. The maximum Gasteiger partial charge on any atom is 0.161 e. The van der Waals surface area contributed by atoms with Crippen molar-refractivity contribution in [2.75, 3.05) is 6.61 Å². The number of fused-ring (bicyclic) bond motifs is 5. The number of carbonyl (C=O) groups excluding carboxylic acids is 1. The van der Waals surface area contributed by atoms with Gasteiger partial charge in [0.05, 0.1) is 6.10 Å². The molecule has 0 aliphatic heterocycles. The average Bonchev–Trinajstić information content (AvgIpc) is 2.98. The van der Waals surface area contributed by atoms with Crippen LogP contribution in [0.3, 0.4) is 0 Å². The highest BCUT2D eigenvalue weighted by Gasteiger charge is 2.61. The van der Waals surface area contributed by atoms with Gasteiger partial charge in [-0.05, 0) is 98.7 Å². The number of hydrogen-bond acceptors (Lipinski definition) is 3. The molecule has 0 aromatic rings. The fourth-order valence-corrected chi connectivity index (χ4v) is 8.38. The van der Waals surface area contributed by atoms with Gasteiger partial charge in [0, 0.05) is 5.92 Å². The summed E-state index contributed by atoms with van der Waals surface area (Å²) in [6.45, 7) is 4.46. The fraction of sp³-hybridized carbons (Fsp3) is 0.955. The van der Waals surface area contributed by atoms with E-state index in [0.717, 1.165) is 37.5 Å². The van der Waals surface area contributed by atoms with Gasteiger partial charge < -0.3 is 10.2 Å². The van der Waals surface area contributed by atoms with Crippen LogP contribution in [0, 0.1) is 40.4 Å². The summed E-state index contributed by atoms with van der Waals surface area (Å²) in [6.07, 6.45) is 11.6. The van der Waals surface area contributed by atoms with Gasteiger partial charge >= 0.3 is 0 Å². The molecule has 4 fully saturated rings. The summed E-state index contributed by atoms with van der Waals surface area (Å²) in [5.41, 5.74) is 0.569. The Kier molecular flexibility index (Phi) is 4.56. The molecular formula is C22H36O3. The lowest BCUT2D eigenvalue weighted by Crippen LogP contribution is -2.55. The molecule has 0 aromatic carbocycles. The van der Waals surface area contributed by atoms with Gasteiger partial charge in [-0.25, -0.2) is 0 Å². The van der Waals surface area contributed by atoms with E-state index in [2.05, 4.69) is 13.8 Å². The zero-order valence-electron chi connectivity index (χ0n) is 16.0. The zero-order chi connectivity index (χ0) is 17.8. The van der Waals surface area contributed by atoms with Crippen molar-refractivity contribution in [3.8, 4) is 0 Å². The van der Waals surface area contributed by atoms with Gasteiger partial charge in [-0.2, -0.15) is 0 Å². The number of aliphatic hydroxyl groups is 2. The summed E-state index contributed by atoms with van der Waals surface area (Å²) < 4.78 is 0. The second kappa shape index (κ2) is 6.34. The van der Waals surface area contributed by atoms with Crippen LogP contribution >= 0.6 is 0 Å². The van der Waals surface area contributed by atoms with Crippen molar-refractivity contribution in [1.82, 2.24) is 0 Å². The van der Waals surface area contributed by atoms with E-state index in [-0.39, 0.29) is 29.8 Å². The van der Waals surface area contributed by atoms with Crippen molar-refractivity contribution >= 4 is 5.78 Å². The van der Waals surface area contributed by atoms with Gasteiger partial charge in [0.2, 0.25) is 0 Å². The lowest BCUT2D eigenvalue weighted by atomic mass is 9.43. The molecule has 4 aliphatic rings. The molecule has 4 rings (SSSR count). The Balaban J connectivity index is 1.62. The van der Waals surface area contributed by atoms with Crippen molar-refractivity contribution in [3.63, 3.8) is 0 Å². The summed E-state index contributed by atoms with van der Waals surface area (Å²) in [6, 6.07) is 0. The number of Topliss-reactive ketones (excluding diaryl/α,β-unsaturated/α-hetero) is 1. The van der Waals surface area contributed by atoms with Crippen LogP contribution in [0.1, 0.15) is 78.1 Å². The SMILES string of the molecule is CC[C@]12CC[C@@H](O)C[C@@H]1CC[C@H]1[C@@H]3CC[C@H](C(=O)CO)[C@@]3(C)CC[C@@H]12. The molecule has 0 unspecified atom stereocenters. The van der Waals surface area contributed by atoms with Crippen LogP contribution in [0.5, 0.6) is 0 Å². The maximum absolute atomic E-state index is 12.3. The van der Waals surface area contributed by atoms with Gasteiger partial charge in [-0.1, -0.05) is 13.8 Å². The molecule has 0 amide bonds. The molecule has 3 heteroatoms. The molecule has 2 N–H and O–H groups in total. The van der Waals surface area contributed by atoms with Crippen LogP contribution in [-0.2, 0) is 4.79 Å². The lowest BCUT2D eigenvalue weighted by Gasteiger charge is -2.62. The van der Waals surface area contributed by atoms with Gasteiger partial charge in [-0.3, -0.25) is 4.79 Å². The number of hydrogen-bond donors (Lipinski definition) is 2. The molecular weight excluding hydrogens is 312 g/mol. The summed E-state index contributed by atoms with van der Waals surface area (Å²) >= 11 is 0. The van der Waals surface area contributed by atoms with E-state index >= 15 is 0 Å². The minimum Gasteiger partial charge on any atom is -0.393 e. The van der Waals surface area contributed by atoms with Gasteiger partial charge in [0.1, 0.15) is 6.61 Å². The third-order valence-corrected chi connectivity index (χ3v) is 9.54. The van der Waals surface area contributed by atoms with Gasteiger partial charge in [0.25, 0.3) is 0 Å². The molecule has 4 saturated carbocycles. The Labute approximate surface area is 152 Å². The Morgan fingerprint density at radius 2 is 1.84 bits per heavy atom. The molecule has 8 atom stereocenters. The van der Waals surface area contributed by atoms with Crippen LogP contribution in [0.15, 0.2) is 0 Å². The lowest BCUT2D eigenvalue weighted by molar-refractivity contribution is -0.146. The van der Waals surface area contributed by atoms with E-state index in [1.165, 1.54) is 38.5 Å². The normalized spacial score (nSPS) is 52.2.